The topological polar surface area (TPSA) is 74.3 Å². The molecular weight excluding hydrogens is 336 g/mol. The molecule has 2 amide bonds. The SMILES string of the molecule is CCc1ccc(NC(=O)CN2CCc3nc(NC(C)=O)sc3C2)cc1. The summed E-state index contributed by atoms with van der Waals surface area (Å²) in [7, 11) is 0. The second kappa shape index (κ2) is 7.76. The molecule has 3 rings (SSSR count). The third-order valence-corrected chi connectivity index (χ3v) is 5.10. The normalized spacial score (nSPS) is 14.0. The first-order valence-corrected chi connectivity index (χ1v) is 9.22. The Morgan fingerprint density at radius 3 is 2.68 bits per heavy atom. The molecule has 25 heavy (non-hydrogen) atoms. The van der Waals surface area contributed by atoms with Crippen LogP contribution in [0.2, 0.25) is 0 Å². The Bertz CT molecular complexity index is 770. The average molecular weight is 358 g/mol. The number of thiazole rings is 1. The Labute approximate surface area is 151 Å². The number of aromatic nitrogens is 1. The van der Waals surface area contributed by atoms with E-state index in [0.717, 1.165) is 35.6 Å². The van der Waals surface area contributed by atoms with E-state index in [0.29, 0.717) is 18.2 Å². The molecule has 0 aliphatic carbocycles. The molecule has 2 N–H and O–H groups in total. The first-order chi connectivity index (χ1) is 12.0. The van der Waals surface area contributed by atoms with Gasteiger partial charge in [0.05, 0.1) is 12.2 Å². The largest absolute Gasteiger partial charge is 0.325 e. The van der Waals surface area contributed by atoms with Crippen molar-refractivity contribution in [3.8, 4) is 0 Å². The third kappa shape index (κ3) is 4.64. The lowest BCUT2D eigenvalue weighted by atomic mass is 10.1. The highest BCUT2D eigenvalue weighted by Gasteiger charge is 2.22. The fourth-order valence-corrected chi connectivity index (χ4v) is 3.91. The van der Waals surface area contributed by atoms with E-state index in [2.05, 4.69) is 27.4 Å². The molecule has 0 bridgehead atoms. The van der Waals surface area contributed by atoms with Gasteiger partial charge in [0.2, 0.25) is 11.8 Å². The number of amides is 2. The van der Waals surface area contributed by atoms with Gasteiger partial charge in [-0.25, -0.2) is 4.98 Å². The van der Waals surface area contributed by atoms with Crippen LogP contribution in [0.5, 0.6) is 0 Å². The monoisotopic (exact) mass is 358 g/mol. The van der Waals surface area contributed by atoms with Crippen molar-refractivity contribution >= 4 is 34.0 Å². The van der Waals surface area contributed by atoms with Crippen molar-refractivity contribution < 1.29 is 9.59 Å². The maximum atomic E-state index is 12.3. The van der Waals surface area contributed by atoms with Crippen LogP contribution in [-0.2, 0) is 29.0 Å². The van der Waals surface area contributed by atoms with E-state index in [9.17, 15) is 9.59 Å². The number of carbonyl (C=O) groups excluding carboxylic acids is 2. The van der Waals surface area contributed by atoms with Gasteiger partial charge in [-0.15, -0.1) is 11.3 Å². The van der Waals surface area contributed by atoms with Gasteiger partial charge in [-0.2, -0.15) is 0 Å². The first kappa shape index (κ1) is 17.6. The van der Waals surface area contributed by atoms with Crippen LogP contribution >= 0.6 is 11.3 Å². The van der Waals surface area contributed by atoms with Crippen LogP contribution in [0.15, 0.2) is 24.3 Å². The van der Waals surface area contributed by atoms with Gasteiger partial charge < -0.3 is 10.6 Å². The number of fused-ring (bicyclic) bond motifs is 1. The predicted molar refractivity (Wildman–Crippen MR) is 99.8 cm³/mol. The molecule has 1 aromatic heterocycles. The number of hydrogen-bond donors (Lipinski definition) is 2. The first-order valence-electron chi connectivity index (χ1n) is 8.41. The Morgan fingerprint density at radius 1 is 1.24 bits per heavy atom. The van der Waals surface area contributed by atoms with E-state index < -0.39 is 0 Å². The summed E-state index contributed by atoms with van der Waals surface area (Å²) < 4.78 is 0. The molecule has 132 valence electrons. The smallest absolute Gasteiger partial charge is 0.238 e. The summed E-state index contributed by atoms with van der Waals surface area (Å²) in [5, 5.41) is 6.31. The molecule has 0 unspecified atom stereocenters. The fraction of sp³-hybridized carbons (Fsp3) is 0.389. The minimum Gasteiger partial charge on any atom is -0.325 e. The Morgan fingerprint density at radius 2 is 2.00 bits per heavy atom. The average Bonchev–Trinajstić information content (AvgIpc) is 2.96. The molecule has 6 nitrogen and oxygen atoms in total. The zero-order chi connectivity index (χ0) is 17.8. The standard InChI is InChI=1S/C18H22N4O2S/c1-3-13-4-6-14(7-5-13)20-17(24)11-22-9-8-15-16(10-22)25-18(21-15)19-12(2)23/h4-7H,3,8-11H2,1-2H3,(H,20,24)(H,19,21,23). The molecule has 7 heteroatoms. The minimum absolute atomic E-state index is 0.0145. The second-order valence-corrected chi connectivity index (χ2v) is 7.21. The van der Waals surface area contributed by atoms with Crippen molar-refractivity contribution in [1.82, 2.24) is 9.88 Å². The molecule has 2 heterocycles. The maximum Gasteiger partial charge on any atom is 0.238 e. The van der Waals surface area contributed by atoms with E-state index in [1.54, 1.807) is 0 Å². The number of hydrogen-bond acceptors (Lipinski definition) is 5. The van der Waals surface area contributed by atoms with Gasteiger partial charge in [-0.3, -0.25) is 14.5 Å². The molecule has 1 aliphatic rings. The van der Waals surface area contributed by atoms with E-state index in [-0.39, 0.29) is 11.8 Å². The van der Waals surface area contributed by atoms with E-state index >= 15 is 0 Å². The van der Waals surface area contributed by atoms with Gasteiger partial charge in [0.25, 0.3) is 0 Å². The second-order valence-electron chi connectivity index (χ2n) is 6.13. The van der Waals surface area contributed by atoms with Crippen LogP contribution in [0.4, 0.5) is 10.8 Å². The summed E-state index contributed by atoms with van der Waals surface area (Å²) in [6, 6.07) is 7.94. The Balaban J connectivity index is 1.55. The molecule has 2 aromatic rings. The number of nitrogens with zero attached hydrogens (tertiary/aromatic N) is 2. The molecule has 1 aliphatic heterocycles. The molecule has 1 aromatic carbocycles. The van der Waals surface area contributed by atoms with Gasteiger partial charge in [-0.1, -0.05) is 19.1 Å². The lowest BCUT2D eigenvalue weighted by Crippen LogP contribution is -2.36. The van der Waals surface area contributed by atoms with E-state index in [1.165, 1.54) is 23.8 Å². The van der Waals surface area contributed by atoms with Gasteiger partial charge in [0.15, 0.2) is 5.13 Å². The van der Waals surface area contributed by atoms with Crippen LogP contribution < -0.4 is 10.6 Å². The summed E-state index contributed by atoms with van der Waals surface area (Å²) in [6.07, 6.45) is 1.78. The third-order valence-electron chi connectivity index (χ3n) is 4.11. The van der Waals surface area contributed by atoms with Crippen LogP contribution in [0.25, 0.3) is 0 Å². The van der Waals surface area contributed by atoms with Crippen molar-refractivity contribution in [2.45, 2.75) is 33.2 Å². The maximum absolute atomic E-state index is 12.3. The van der Waals surface area contributed by atoms with Crippen molar-refractivity contribution in [3.63, 3.8) is 0 Å². The highest BCUT2D eigenvalue weighted by atomic mass is 32.1. The molecular formula is C18H22N4O2S. The van der Waals surface area contributed by atoms with Gasteiger partial charge in [-0.05, 0) is 24.1 Å². The van der Waals surface area contributed by atoms with Crippen LogP contribution in [0, 0.1) is 0 Å². The number of benzene rings is 1. The predicted octanol–water partition coefficient (Wildman–Crippen LogP) is 2.66. The highest BCUT2D eigenvalue weighted by Crippen LogP contribution is 2.28. The highest BCUT2D eigenvalue weighted by molar-refractivity contribution is 7.15. The summed E-state index contributed by atoms with van der Waals surface area (Å²) in [4.78, 5) is 31.1. The molecule has 0 spiro atoms. The van der Waals surface area contributed by atoms with Crippen molar-refractivity contribution in [2.75, 3.05) is 23.7 Å². The number of rotatable bonds is 5. The minimum atomic E-state index is -0.114. The van der Waals surface area contributed by atoms with Crippen molar-refractivity contribution in [3.05, 3.63) is 40.4 Å². The van der Waals surface area contributed by atoms with Crippen LogP contribution in [-0.4, -0.2) is 34.8 Å². The van der Waals surface area contributed by atoms with Crippen LogP contribution in [0.1, 0.15) is 30.0 Å². The van der Waals surface area contributed by atoms with Crippen molar-refractivity contribution in [1.29, 1.82) is 0 Å². The number of anilines is 2. The molecule has 0 saturated heterocycles. The van der Waals surface area contributed by atoms with Gasteiger partial charge in [0, 0.05) is 37.0 Å². The lowest BCUT2D eigenvalue weighted by Gasteiger charge is -2.25. The van der Waals surface area contributed by atoms with Gasteiger partial charge in [0.1, 0.15) is 0 Å². The number of nitrogens with one attached hydrogen (secondary N) is 2. The summed E-state index contributed by atoms with van der Waals surface area (Å²) in [6.45, 7) is 5.41. The van der Waals surface area contributed by atoms with E-state index in [4.69, 9.17) is 0 Å². The molecule has 0 radical (unpaired) electrons. The number of aryl methyl sites for hydroxylation is 1. The fourth-order valence-electron chi connectivity index (χ4n) is 2.81. The summed E-state index contributed by atoms with van der Waals surface area (Å²) in [5.41, 5.74) is 3.10. The molecule has 0 fully saturated rings. The molecule has 0 saturated carbocycles. The lowest BCUT2D eigenvalue weighted by molar-refractivity contribution is -0.117. The number of carbonyl (C=O) groups is 2. The van der Waals surface area contributed by atoms with Gasteiger partial charge >= 0.3 is 0 Å². The zero-order valence-electron chi connectivity index (χ0n) is 14.5. The zero-order valence-corrected chi connectivity index (χ0v) is 15.3. The van der Waals surface area contributed by atoms with Crippen LogP contribution in [0.3, 0.4) is 0 Å². The van der Waals surface area contributed by atoms with E-state index in [1.807, 2.05) is 24.3 Å². The quantitative estimate of drug-likeness (QED) is 0.862. The summed E-state index contributed by atoms with van der Waals surface area (Å²) in [5.74, 6) is -0.129. The Hall–Kier alpha value is -2.25. The van der Waals surface area contributed by atoms with Crippen molar-refractivity contribution in [2.24, 2.45) is 0 Å². The summed E-state index contributed by atoms with van der Waals surface area (Å²) >= 11 is 1.49. The molecule has 0 atom stereocenters. The Kier molecular flexibility index (Phi) is 5.45.